The molecule has 0 unspecified atom stereocenters. The van der Waals surface area contributed by atoms with E-state index in [9.17, 15) is 32.3 Å². The van der Waals surface area contributed by atoms with E-state index in [0.29, 0.717) is 5.69 Å². The molecule has 1 N–H and O–H groups in total. The fourth-order valence-electron chi connectivity index (χ4n) is 2.32. The first-order valence-electron chi connectivity index (χ1n) is 7.86. The average molecular weight is 400 g/mol. The highest BCUT2D eigenvalue weighted by atomic mass is 19.3. The van der Waals surface area contributed by atoms with Gasteiger partial charge in [-0.1, -0.05) is 18.2 Å². The van der Waals surface area contributed by atoms with Crippen LogP contribution in [0.25, 0.3) is 5.69 Å². The summed E-state index contributed by atoms with van der Waals surface area (Å²) in [5, 5.41) is 16.1. The number of Topliss-reactive ketones (excluding diaryl/α,β-unsaturated/α-hetero) is 1. The number of aromatic nitrogens is 2. The highest BCUT2D eigenvalue weighted by molar-refractivity contribution is 5.93. The third kappa shape index (κ3) is 3.73. The predicted octanol–water partition coefficient (Wildman–Crippen LogP) is 3.83. The predicted molar refractivity (Wildman–Crippen MR) is 91.5 cm³/mol. The molecule has 1 heterocycles. The lowest BCUT2D eigenvalue weighted by molar-refractivity contribution is -0.126. The molecular weight excluding hydrogens is 384 g/mol. The number of carbonyl (C=O) groups is 1. The Balaban J connectivity index is 2.60. The lowest BCUT2D eigenvalue weighted by Gasteiger charge is -2.14. The van der Waals surface area contributed by atoms with E-state index in [4.69, 9.17) is 0 Å². The molecule has 2 rings (SSSR count). The van der Waals surface area contributed by atoms with Crippen LogP contribution in [0.1, 0.15) is 12.6 Å². The number of rotatable bonds is 6. The van der Waals surface area contributed by atoms with Crippen LogP contribution >= 0.6 is 0 Å². The van der Waals surface area contributed by atoms with Crippen molar-refractivity contribution in [2.24, 2.45) is 17.3 Å². The minimum atomic E-state index is -4.99. The Bertz CT molecular complexity index is 1010. The zero-order valence-electron chi connectivity index (χ0n) is 15.0. The van der Waals surface area contributed by atoms with Crippen molar-refractivity contribution in [3.63, 3.8) is 0 Å². The zero-order chi connectivity index (χ0) is 21.2. The highest BCUT2D eigenvalue weighted by Crippen LogP contribution is 2.32. The number of allylic oxidation sites excluding steroid dienone is 2. The molecule has 1 aromatic carbocycles. The molecule has 0 saturated carbocycles. The molecule has 0 bridgehead atoms. The number of alkyl halides is 4. The van der Waals surface area contributed by atoms with Crippen molar-refractivity contribution in [2.45, 2.75) is 26.2 Å². The Hall–Kier alpha value is -3.24. The average Bonchev–Trinajstić information content (AvgIpc) is 2.85. The van der Waals surface area contributed by atoms with Gasteiger partial charge >= 0.3 is 12.3 Å². The number of para-hydroxylation sites is 1. The van der Waals surface area contributed by atoms with Gasteiger partial charge in [-0.25, -0.2) is 13.5 Å². The summed E-state index contributed by atoms with van der Waals surface area (Å²) in [7, 11) is 1.53. The van der Waals surface area contributed by atoms with Gasteiger partial charge in [-0.3, -0.25) is 14.3 Å². The van der Waals surface area contributed by atoms with Crippen LogP contribution in [0.4, 0.5) is 23.2 Å². The summed E-state index contributed by atoms with van der Waals surface area (Å²) in [6.45, 7) is 2.23. The molecule has 7 nitrogen and oxygen atoms in total. The molecule has 150 valence electrons. The Labute approximate surface area is 156 Å². The third-order valence-electron chi connectivity index (χ3n) is 3.92. The van der Waals surface area contributed by atoms with E-state index in [1.807, 2.05) is 0 Å². The van der Waals surface area contributed by atoms with Crippen molar-refractivity contribution in [2.75, 3.05) is 0 Å². The first-order valence-corrected chi connectivity index (χ1v) is 7.86. The van der Waals surface area contributed by atoms with Gasteiger partial charge in [0.25, 0.3) is 5.56 Å². The summed E-state index contributed by atoms with van der Waals surface area (Å²) in [5.74, 6) is -8.43. The fourth-order valence-corrected chi connectivity index (χ4v) is 2.32. The van der Waals surface area contributed by atoms with E-state index >= 15 is 0 Å². The minimum absolute atomic E-state index is 0.264. The number of nitrogens with zero attached hydrogens (tertiary/aromatic N) is 4. The third-order valence-corrected chi connectivity index (χ3v) is 3.92. The van der Waals surface area contributed by atoms with Gasteiger partial charge in [0.15, 0.2) is 22.9 Å². The maximum Gasteiger partial charge on any atom is 0.365 e. The molecule has 0 fully saturated rings. The second-order valence-electron chi connectivity index (χ2n) is 5.79. The number of halogens is 4. The fraction of sp³-hybridized carbons (Fsp3) is 0.294. The highest BCUT2D eigenvalue weighted by Gasteiger charge is 2.48. The molecule has 0 aliphatic rings. The van der Waals surface area contributed by atoms with Crippen LogP contribution in [-0.4, -0.2) is 32.6 Å². The lowest BCUT2D eigenvalue weighted by atomic mass is 10.2. The maximum absolute atomic E-state index is 13.3. The number of hydrogen-bond acceptors (Lipinski definition) is 5. The molecule has 11 heteroatoms. The Morgan fingerprint density at radius 2 is 1.79 bits per heavy atom. The van der Waals surface area contributed by atoms with Gasteiger partial charge in [0.2, 0.25) is 0 Å². The molecule has 0 saturated heterocycles. The van der Waals surface area contributed by atoms with E-state index in [0.717, 1.165) is 6.92 Å². The molecule has 0 spiro atoms. The van der Waals surface area contributed by atoms with Crippen molar-refractivity contribution >= 4 is 11.5 Å². The summed E-state index contributed by atoms with van der Waals surface area (Å²) in [6.07, 6.45) is -4.26. The quantitative estimate of drug-likeness (QED) is 0.346. The number of hydrogen-bond donors (Lipinski definition) is 1. The van der Waals surface area contributed by atoms with E-state index in [2.05, 4.69) is 10.2 Å². The number of aliphatic hydroxyl groups excluding tert-OH is 1. The Morgan fingerprint density at radius 1 is 1.21 bits per heavy atom. The standard InChI is InChI=1S/C17H16F4N4O3/c1-9-12(15(28)25(24(9)3)11-7-5-4-6-8-11)22-23-13(10(2)26)14(27)17(20,21)16(18)19/h4-8,16,27H,1-3H3/b14-13-,23-22?. The van der Waals surface area contributed by atoms with Crippen molar-refractivity contribution in [3.05, 3.63) is 57.8 Å². The molecule has 0 radical (unpaired) electrons. The van der Waals surface area contributed by atoms with E-state index in [1.165, 1.54) is 23.3 Å². The first-order chi connectivity index (χ1) is 13.0. The molecule has 0 atom stereocenters. The van der Waals surface area contributed by atoms with Crippen LogP contribution in [0.2, 0.25) is 0 Å². The van der Waals surface area contributed by atoms with E-state index < -0.39 is 35.1 Å². The number of carbonyl (C=O) groups excluding carboxylic acids is 1. The number of ketones is 1. The SMILES string of the molecule is CC(=O)/C(N=Nc1c(C)n(C)n(-c2ccccc2)c1=O)=C(/O)C(F)(F)C(F)F. The van der Waals surface area contributed by atoms with Crippen LogP contribution in [0.3, 0.4) is 0 Å². The number of azo groups is 1. The van der Waals surface area contributed by atoms with Crippen molar-refractivity contribution < 1.29 is 27.5 Å². The van der Waals surface area contributed by atoms with Gasteiger partial charge in [0.1, 0.15) is 0 Å². The van der Waals surface area contributed by atoms with Crippen molar-refractivity contribution in [1.29, 1.82) is 0 Å². The number of benzene rings is 1. The molecule has 0 aliphatic carbocycles. The van der Waals surface area contributed by atoms with Crippen molar-refractivity contribution in [1.82, 2.24) is 9.36 Å². The van der Waals surface area contributed by atoms with Crippen LogP contribution in [0, 0.1) is 6.92 Å². The lowest BCUT2D eigenvalue weighted by Crippen LogP contribution is -2.30. The monoisotopic (exact) mass is 400 g/mol. The van der Waals surface area contributed by atoms with Gasteiger partial charge < -0.3 is 5.11 Å². The summed E-state index contributed by atoms with van der Waals surface area (Å²) in [4.78, 5) is 24.1. The molecule has 1 aromatic heterocycles. The van der Waals surface area contributed by atoms with Gasteiger partial charge in [-0.15, -0.1) is 10.2 Å². The van der Waals surface area contributed by atoms with Gasteiger partial charge in [0.05, 0.1) is 11.4 Å². The van der Waals surface area contributed by atoms with Crippen LogP contribution in [0.15, 0.2) is 56.8 Å². The molecule has 0 amide bonds. The molecule has 2 aromatic rings. The van der Waals surface area contributed by atoms with Crippen LogP contribution in [-0.2, 0) is 11.8 Å². The van der Waals surface area contributed by atoms with Crippen molar-refractivity contribution in [3.8, 4) is 5.69 Å². The van der Waals surface area contributed by atoms with Gasteiger partial charge in [-0.2, -0.15) is 8.78 Å². The second kappa shape index (κ2) is 7.79. The summed E-state index contributed by atoms with van der Waals surface area (Å²) < 4.78 is 54.2. The molecular formula is C17H16F4N4O3. The van der Waals surface area contributed by atoms with Crippen LogP contribution < -0.4 is 5.56 Å². The van der Waals surface area contributed by atoms with Crippen LogP contribution in [0.5, 0.6) is 0 Å². The molecule has 28 heavy (non-hydrogen) atoms. The van der Waals surface area contributed by atoms with Gasteiger partial charge in [-0.05, 0) is 19.1 Å². The summed E-state index contributed by atoms with van der Waals surface area (Å²) in [6, 6.07) is 8.38. The summed E-state index contributed by atoms with van der Waals surface area (Å²) in [5.41, 5.74) is -1.61. The summed E-state index contributed by atoms with van der Waals surface area (Å²) >= 11 is 0. The zero-order valence-corrected chi connectivity index (χ0v) is 15.0. The maximum atomic E-state index is 13.3. The number of aliphatic hydroxyl groups is 1. The Kier molecular flexibility index (Phi) is 5.86. The largest absolute Gasteiger partial charge is 0.504 e. The normalized spacial score (nSPS) is 13.3. The van der Waals surface area contributed by atoms with E-state index in [-0.39, 0.29) is 11.4 Å². The van der Waals surface area contributed by atoms with E-state index in [1.54, 1.807) is 30.3 Å². The second-order valence-corrected chi connectivity index (χ2v) is 5.79. The minimum Gasteiger partial charge on any atom is -0.504 e. The first kappa shape index (κ1) is 21.1. The topological polar surface area (TPSA) is 89.0 Å². The molecule has 0 aliphatic heterocycles. The Morgan fingerprint density at radius 3 is 2.29 bits per heavy atom. The van der Waals surface area contributed by atoms with Gasteiger partial charge in [0, 0.05) is 14.0 Å². The smallest absolute Gasteiger partial charge is 0.365 e.